The van der Waals surface area contributed by atoms with Gasteiger partial charge in [-0.3, -0.25) is 9.79 Å². The highest BCUT2D eigenvalue weighted by Crippen LogP contribution is 2.29. The van der Waals surface area contributed by atoms with Crippen LogP contribution in [0.2, 0.25) is 0 Å². The lowest BCUT2D eigenvalue weighted by Crippen LogP contribution is -2.51. The van der Waals surface area contributed by atoms with Crippen molar-refractivity contribution >= 4 is 34.3 Å². The molecule has 1 saturated heterocycles. The average molecular weight is 638 g/mol. The predicted octanol–water partition coefficient (Wildman–Crippen LogP) is 7.10. The molecule has 5 rings (SSSR count). The highest BCUT2D eigenvalue weighted by atomic mass is 19.4. The normalized spacial score (nSPS) is 14.4. The van der Waals surface area contributed by atoms with Crippen molar-refractivity contribution in [1.82, 2.24) is 19.4 Å². The number of pyridine rings is 1. The van der Waals surface area contributed by atoms with Crippen LogP contribution in [0.3, 0.4) is 0 Å². The molecule has 10 nitrogen and oxygen atoms in total. The first kappa shape index (κ1) is 32.3. The Morgan fingerprint density at radius 2 is 1.52 bits per heavy atom. The largest absolute Gasteiger partial charge is 0.573 e. The number of benzene rings is 2. The van der Waals surface area contributed by atoms with Gasteiger partial charge in [-0.05, 0) is 81.8 Å². The third-order valence-corrected chi connectivity index (χ3v) is 7.20. The number of amides is 2. The summed E-state index contributed by atoms with van der Waals surface area (Å²) >= 11 is 0. The maximum atomic E-state index is 13.4. The minimum atomic E-state index is -4.75. The number of carbonyl (C=O) groups excluding carboxylic acids is 2. The van der Waals surface area contributed by atoms with Gasteiger partial charge < -0.3 is 28.6 Å². The number of ether oxygens (including phenoxy) is 3. The van der Waals surface area contributed by atoms with E-state index in [9.17, 15) is 22.8 Å². The summed E-state index contributed by atoms with van der Waals surface area (Å²) in [5.41, 5.74) is 2.49. The van der Waals surface area contributed by atoms with E-state index < -0.39 is 12.0 Å². The van der Waals surface area contributed by atoms with Crippen molar-refractivity contribution in [3.05, 3.63) is 78.1 Å². The van der Waals surface area contributed by atoms with Gasteiger partial charge in [0.25, 0.3) is 5.91 Å². The zero-order chi connectivity index (χ0) is 33.2. The number of hydrogen-bond donors (Lipinski definition) is 0. The standard InChI is InChI=1S/C33H34F3N5O5/c1-21(22-6-10-25(11-7-22)45-33(34,35)36)38-24-9-13-29(37-20-24)44-26-12-8-23-18-28(39(5)27(23)19-26)30(42)40-14-16-41(17-15-40)31(43)46-32(2,3)4/h6-13,18-20H,14-17H2,1-5H3. The zero-order valence-electron chi connectivity index (χ0n) is 26.1. The molecule has 2 aromatic heterocycles. The van der Waals surface area contributed by atoms with Crippen molar-refractivity contribution in [3.63, 3.8) is 0 Å². The first-order chi connectivity index (χ1) is 21.6. The number of rotatable bonds is 6. The van der Waals surface area contributed by atoms with Crippen LogP contribution in [0.4, 0.5) is 23.7 Å². The van der Waals surface area contributed by atoms with Crippen molar-refractivity contribution < 1.29 is 37.0 Å². The van der Waals surface area contributed by atoms with Crippen molar-refractivity contribution in [1.29, 1.82) is 0 Å². The minimum Gasteiger partial charge on any atom is -0.444 e. The number of hydrogen-bond acceptors (Lipinski definition) is 7. The maximum Gasteiger partial charge on any atom is 0.573 e. The second-order valence-corrected chi connectivity index (χ2v) is 11.8. The van der Waals surface area contributed by atoms with Gasteiger partial charge in [-0.15, -0.1) is 13.2 Å². The van der Waals surface area contributed by atoms with E-state index in [4.69, 9.17) is 9.47 Å². The van der Waals surface area contributed by atoms with Gasteiger partial charge in [0.1, 0.15) is 22.8 Å². The number of aromatic nitrogens is 2. The Morgan fingerprint density at radius 1 is 0.870 bits per heavy atom. The zero-order valence-corrected chi connectivity index (χ0v) is 26.1. The third-order valence-electron chi connectivity index (χ3n) is 7.20. The van der Waals surface area contributed by atoms with Crippen LogP contribution >= 0.6 is 0 Å². The molecule has 0 unspecified atom stereocenters. The summed E-state index contributed by atoms with van der Waals surface area (Å²) in [5.74, 6) is 0.431. The Balaban J connectivity index is 1.22. The molecule has 3 heterocycles. The Kier molecular flexibility index (Phi) is 8.95. The number of nitrogens with zero attached hydrogens (tertiary/aromatic N) is 5. The van der Waals surface area contributed by atoms with Crippen molar-refractivity contribution in [2.45, 2.75) is 39.7 Å². The average Bonchev–Trinajstić information content (AvgIpc) is 3.32. The van der Waals surface area contributed by atoms with Crippen LogP contribution in [0.25, 0.3) is 10.9 Å². The predicted molar refractivity (Wildman–Crippen MR) is 166 cm³/mol. The summed E-state index contributed by atoms with van der Waals surface area (Å²) in [6.07, 6.45) is -3.60. The quantitative estimate of drug-likeness (QED) is 0.209. The number of alkyl halides is 3. The van der Waals surface area contributed by atoms with Crippen LogP contribution in [0.1, 0.15) is 43.7 Å². The fourth-order valence-electron chi connectivity index (χ4n) is 4.93. The van der Waals surface area contributed by atoms with E-state index in [0.29, 0.717) is 60.5 Å². The van der Waals surface area contributed by atoms with Crippen LogP contribution in [-0.4, -0.2) is 75.2 Å². The lowest BCUT2D eigenvalue weighted by atomic mass is 10.1. The molecule has 13 heteroatoms. The molecular weight excluding hydrogens is 603 g/mol. The number of fused-ring (bicyclic) bond motifs is 1. The van der Waals surface area contributed by atoms with E-state index in [1.54, 1.807) is 34.9 Å². The summed E-state index contributed by atoms with van der Waals surface area (Å²) in [7, 11) is 1.82. The highest BCUT2D eigenvalue weighted by molar-refractivity contribution is 6.00. The lowest BCUT2D eigenvalue weighted by molar-refractivity contribution is -0.274. The number of aliphatic imine (C=N–C) groups is 1. The highest BCUT2D eigenvalue weighted by Gasteiger charge is 2.31. The van der Waals surface area contributed by atoms with Gasteiger partial charge in [0.15, 0.2) is 0 Å². The summed E-state index contributed by atoms with van der Waals surface area (Å²) in [6.45, 7) is 8.80. The molecule has 0 spiro atoms. The second-order valence-electron chi connectivity index (χ2n) is 11.8. The van der Waals surface area contributed by atoms with E-state index >= 15 is 0 Å². The Labute approximate surface area is 264 Å². The van der Waals surface area contributed by atoms with Crippen LogP contribution in [0.15, 0.2) is 71.9 Å². The molecule has 0 saturated carbocycles. The molecule has 242 valence electrons. The van der Waals surface area contributed by atoms with Crippen molar-refractivity contribution in [3.8, 4) is 17.4 Å². The number of carbonyl (C=O) groups is 2. The van der Waals surface area contributed by atoms with Crippen molar-refractivity contribution in [2.75, 3.05) is 26.2 Å². The molecule has 46 heavy (non-hydrogen) atoms. The fraction of sp³-hybridized carbons (Fsp3) is 0.333. The summed E-state index contributed by atoms with van der Waals surface area (Å²) in [4.78, 5) is 38.0. The van der Waals surface area contributed by atoms with Crippen LogP contribution in [-0.2, 0) is 11.8 Å². The maximum absolute atomic E-state index is 13.4. The molecule has 2 aromatic carbocycles. The first-order valence-electron chi connectivity index (χ1n) is 14.6. The van der Waals surface area contributed by atoms with E-state index in [2.05, 4.69) is 14.7 Å². The van der Waals surface area contributed by atoms with Gasteiger partial charge in [-0.25, -0.2) is 9.78 Å². The molecule has 1 aliphatic heterocycles. The van der Waals surface area contributed by atoms with Gasteiger partial charge in [0.2, 0.25) is 5.88 Å². The molecule has 0 atom stereocenters. The van der Waals surface area contributed by atoms with Gasteiger partial charge in [-0.1, -0.05) is 0 Å². The SMILES string of the molecule is CC(=Nc1ccc(Oc2ccc3cc(C(=O)N4CCN(C(=O)OC(C)(C)C)CC4)n(C)c3c2)nc1)c1ccc(OC(F)(F)F)cc1. The van der Waals surface area contributed by atoms with Gasteiger partial charge >= 0.3 is 12.5 Å². The fourth-order valence-corrected chi connectivity index (χ4v) is 4.93. The summed E-state index contributed by atoms with van der Waals surface area (Å²) in [5, 5.41) is 0.872. The number of halogens is 3. The van der Waals surface area contributed by atoms with E-state index in [1.165, 1.54) is 30.5 Å². The Bertz CT molecular complexity index is 1750. The molecule has 1 aliphatic rings. The lowest BCUT2D eigenvalue weighted by Gasteiger charge is -2.35. The smallest absolute Gasteiger partial charge is 0.444 e. The monoisotopic (exact) mass is 637 g/mol. The molecule has 4 aromatic rings. The van der Waals surface area contributed by atoms with Gasteiger partial charge in [-0.2, -0.15) is 0 Å². The summed E-state index contributed by atoms with van der Waals surface area (Å²) < 4.78 is 54.4. The number of piperazine rings is 1. The Morgan fingerprint density at radius 3 is 2.13 bits per heavy atom. The molecule has 0 aliphatic carbocycles. The summed E-state index contributed by atoms with van der Waals surface area (Å²) in [6, 6.07) is 16.2. The van der Waals surface area contributed by atoms with Gasteiger partial charge in [0.05, 0.1) is 17.4 Å². The Hall–Kier alpha value is -5.07. The van der Waals surface area contributed by atoms with Crippen LogP contribution < -0.4 is 9.47 Å². The van der Waals surface area contributed by atoms with E-state index in [1.807, 2.05) is 50.6 Å². The molecule has 1 fully saturated rings. The molecule has 0 bridgehead atoms. The van der Waals surface area contributed by atoms with E-state index in [0.717, 1.165) is 10.9 Å². The molecule has 2 amide bonds. The molecule has 0 radical (unpaired) electrons. The van der Waals surface area contributed by atoms with Gasteiger partial charge in [0, 0.05) is 56.5 Å². The first-order valence-corrected chi connectivity index (χ1v) is 14.6. The second kappa shape index (κ2) is 12.7. The minimum absolute atomic E-state index is 0.122. The molecule has 0 N–H and O–H groups in total. The van der Waals surface area contributed by atoms with Crippen LogP contribution in [0, 0.1) is 0 Å². The molecular formula is C33H34F3N5O5. The third kappa shape index (κ3) is 7.95. The van der Waals surface area contributed by atoms with Crippen molar-refractivity contribution in [2.24, 2.45) is 12.0 Å². The van der Waals surface area contributed by atoms with E-state index in [-0.39, 0.29) is 17.7 Å². The van der Waals surface area contributed by atoms with Crippen LogP contribution in [0.5, 0.6) is 17.4 Å². The topological polar surface area (TPSA) is 98.5 Å². The number of aryl methyl sites for hydroxylation is 1.